The molecule has 2 aromatic rings. The summed E-state index contributed by atoms with van der Waals surface area (Å²) in [6.07, 6.45) is 5.61. The number of hydrogen-bond donors (Lipinski definition) is 2. The molecule has 0 spiro atoms. The molecule has 7 nitrogen and oxygen atoms in total. The van der Waals surface area contributed by atoms with Crippen LogP contribution in [0.25, 0.3) is 0 Å². The number of aliphatic imine (C=N–C) groups is 1. The van der Waals surface area contributed by atoms with Gasteiger partial charge in [-0.1, -0.05) is 0 Å². The van der Waals surface area contributed by atoms with Crippen LogP contribution in [0.3, 0.4) is 0 Å². The molecule has 1 unspecified atom stereocenters. The van der Waals surface area contributed by atoms with Gasteiger partial charge in [-0.15, -0.1) is 0 Å². The smallest absolute Gasteiger partial charge is 0.191 e. The minimum Gasteiger partial charge on any atom is -0.467 e. The van der Waals surface area contributed by atoms with Gasteiger partial charge >= 0.3 is 0 Å². The van der Waals surface area contributed by atoms with Crippen molar-refractivity contribution in [3.8, 4) is 0 Å². The molecule has 0 fully saturated rings. The zero-order valence-electron chi connectivity index (χ0n) is 14.3. The van der Waals surface area contributed by atoms with Crippen LogP contribution in [-0.4, -0.2) is 47.8 Å². The van der Waals surface area contributed by atoms with Crippen molar-refractivity contribution in [2.75, 3.05) is 27.2 Å². The Morgan fingerprint density at radius 2 is 2.26 bits per heavy atom. The third kappa shape index (κ3) is 5.14. The molecule has 23 heavy (non-hydrogen) atoms. The van der Waals surface area contributed by atoms with Crippen LogP contribution in [-0.2, 0) is 13.6 Å². The lowest BCUT2D eigenvalue weighted by Gasteiger charge is -2.24. The van der Waals surface area contributed by atoms with Crippen LogP contribution < -0.4 is 10.6 Å². The van der Waals surface area contributed by atoms with E-state index < -0.39 is 0 Å². The monoisotopic (exact) mass is 318 g/mol. The molecule has 2 rings (SSSR count). The van der Waals surface area contributed by atoms with Gasteiger partial charge < -0.3 is 20.0 Å². The molecule has 0 aromatic carbocycles. The maximum atomic E-state index is 5.32. The van der Waals surface area contributed by atoms with E-state index in [0.29, 0.717) is 6.54 Å². The fourth-order valence-corrected chi connectivity index (χ4v) is 2.31. The van der Waals surface area contributed by atoms with Crippen molar-refractivity contribution < 1.29 is 4.42 Å². The quantitative estimate of drug-likeness (QED) is 0.596. The largest absolute Gasteiger partial charge is 0.467 e. The van der Waals surface area contributed by atoms with Crippen molar-refractivity contribution >= 4 is 5.96 Å². The molecule has 0 saturated heterocycles. The van der Waals surface area contributed by atoms with Crippen LogP contribution in [0.2, 0.25) is 0 Å². The van der Waals surface area contributed by atoms with Crippen LogP contribution in [0.5, 0.6) is 0 Å². The first-order chi connectivity index (χ1) is 11.1. The molecule has 0 saturated carbocycles. The first-order valence-electron chi connectivity index (χ1n) is 7.79. The topological polar surface area (TPSA) is 70.6 Å². The summed E-state index contributed by atoms with van der Waals surface area (Å²) >= 11 is 0. The molecule has 2 aromatic heterocycles. The number of furan rings is 1. The fourth-order valence-electron chi connectivity index (χ4n) is 2.31. The maximum Gasteiger partial charge on any atom is 0.191 e. The van der Waals surface area contributed by atoms with Gasteiger partial charge in [0.05, 0.1) is 18.5 Å². The van der Waals surface area contributed by atoms with Crippen LogP contribution in [0, 0.1) is 0 Å². The predicted octanol–water partition coefficient (Wildman–Crippen LogP) is 1.37. The van der Waals surface area contributed by atoms with E-state index in [1.165, 1.54) is 5.56 Å². The van der Waals surface area contributed by atoms with Crippen LogP contribution in [0.4, 0.5) is 0 Å². The Balaban J connectivity index is 1.99. The van der Waals surface area contributed by atoms with Crippen LogP contribution >= 0.6 is 0 Å². The van der Waals surface area contributed by atoms with Crippen molar-refractivity contribution in [2.24, 2.45) is 12.0 Å². The summed E-state index contributed by atoms with van der Waals surface area (Å²) in [5.74, 6) is 1.62. The molecule has 0 amide bonds. The van der Waals surface area contributed by atoms with Crippen molar-refractivity contribution in [2.45, 2.75) is 19.5 Å². The van der Waals surface area contributed by atoms with E-state index in [9.17, 15) is 0 Å². The van der Waals surface area contributed by atoms with Gasteiger partial charge in [-0.25, -0.2) is 4.99 Å². The molecule has 1 atom stereocenters. The second-order valence-electron chi connectivity index (χ2n) is 5.58. The number of nitrogens with zero attached hydrogens (tertiary/aromatic N) is 4. The number of rotatable bonds is 7. The van der Waals surface area contributed by atoms with Crippen molar-refractivity contribution in [1.29, 1.82) is 0 Å². The third-order valence-electron chi connectivity index (χ3n) is 3.51. The molecule has 0 bridgehead atoms. The first-order valence-corrected chi connectivity index (χ1v) is 7.79. The number of aromatic nitrogens is 2. The zero-order valence-corrected chi connectivity index (χ0v) is 14.3. The van der Waals surface area contributed by atoms with E-state index in [1.807, 2.05) is 36.3 Å². The number of nitrogens with one attached hydrogen (secondary N) is 2. The summed E-state index contributed by atoms with van der Waals surface area (Å²) in [7, 11) is 6.05. The molecular formula is C16H26N6O. The highest BCUT2D eigenvalue weighted by Crippen LogP contribution is 2.16. The molecule has 2 heterocycles. The molecule has 0 aliphatic heterocycles. The van der Waals surface area contributed by atoms with Gasteiger partial charge in [0.2, 0.25) is 0 Å². The fraction of sp³-hybridized carbons (Fsp3) is 0.500. The summed E-state index contributed by atoms with van der Waals surface area (Å²) in [5.41, 5.74) is 1.17. The maximum absolute atomic E-state index is 5.32. The van der Waals surface area contributed by atoms with Crippen molar-refractivity contribution in [3.63, 3.8) is 0 Å². The van der Waals surface area contributed by atoms with Crippen LogP contribution in [0.1, 0.15) is 24.3 Å². The molecule has 0 aliphatic rings. The second kappa shape index (κ2) is 8.38. The van der Waals surface area contributed by atoms with E-state index in [2.05, 4.69) is 46.6 Å². The molecule has 7 heteroatoms. The van der Waals surface area contributed by atoms with Gasteiger partial charge in [0.1, 0.15) is 12.3 Å². The molecule has 126 valence electrons. The standard InChI is InChI=1S/C16H26N6O/c1-5-17-16(18-10-14-7-6-8-23-14)19-11-15(21(2)3)13-9-20-22(4)12-13/h6-9,12,15H,5,10-11H2,1-4H3,(H2,17,18,19). The van der Waals surface area contributed by atoms with Gasteiger partial charge in [-0.2, -0.15) is 5.10 Å². The average molecular weight is 318 g/mol. The Labute approximate surface area is 137 Å². The van der Waals surface area contributed by atoms with Crippen molar-refractivity contribution in [3.05, 3.63) is 42.1 Å². The highest BCUT2D eigenvalue weighted by atomic mass is 16.3. The summed E-state index contributed by atoms with van der Waals surface area (Å²) in [6.45, 7) is 4.11. The third-order valence-corrected chi connectivity index (χ3v) is 3.51. The van der Waals surface area contributed by atoms with Crippen molar-refractivity contribution in [1.82, 2.24) is 25.3 Å². The van der Waals surface area contributed by atoms with Crippen LogP contribution in [0.15, 0.2) is 40.2 Å². The molecule has 0 aliphatic carbocycles. The predicted molar refractivity (Wildman–Crippen MR) is 91.2 cm³/mol. The van der Waals surface area contributed by atoms with E-state index in [4.69, 9.17) is 4.42 Å². The Morgan fingerprint density at radius 1 is 1.43 bits per heavy atom. The molecular weight excluding hydrogens is 292 g/mol. The Morgan fingerprint density at radius 3 is 2.83 bits per heavy atom. The van der Waals surface area contributed by atoms with Gasteiger partial charge in [-0.3, -0.25) is 4.68 Å². The van der Waals surface area contributed by atoms with Gasteiger partial charge in [0.15, 0.2) is 5.96 Å². The minimum atomic E-state index is 0.219. The normalized spacial score (nSPS) is 13.3. The first kappa shape index (κ1) is 17.1. The Hall–Kier alpha value is -2.28. The van der Waals surface area contributed by atoms with Gasteiger partial charge in [0.25, 0.3) is 0 Å². The summed E-state index contributed by atoms with van der Waals surface area (Å²) in [4.78, 5) is 6.71. The minimum absolute atomic E-state index is 0.219. The number of aryl methyl sites for hydroxylation is 1. The lowest BCUT2D eigenvalue weighted by molar-refractivity contribution is 0.298. The lowest BCUT2D eigenvalue weighted by Crippen LogP contribution is -2.41. The lowest BCUT2D eigenvalue weighted by atomic mass is 10.1. The summed E-state index contributed by atoms with van der Waals surface area (Å²) < 4.78 is 7.14. The Kier molecular flexibility index (Phi) is 6.22. The Bertz CT molecular complexity index is 602. The SMILES string of the molecule is CCNC(=NCc1ccco1)NCC(c1cnn(C)c1)N(C)C. The summed E-state index contributed by atoms with van der Waals surface area (Å²) in [5, 5.41) is 10.9. The van der Waals surface area contributed by atoms with Gasteiger partial charge in [0, 0.05) is 31.9 Å². The average Bonchev–Trinajstić information content (AvgIpc) is 3.16. The van der Waals surface area contributed by atoms with E-state index in [0.717, 1.165) is 24.8 Å². The number of hydrogen-bond acceptors (Lipinski definition) is 4. The molecule has 2 N–H and O–H groups in total. The van der Waals surface area contributed by atoms with E-state index in [-0.39, 0.29) is 6.04 Å². The highest BCUT2D eigenvalue weighted by molar-refractivity contribution is 5.79. The number of guanidine groups is 1. The highest BCUT2D eigenvalue weighted by Gasteiger charge is 2.16. The van der Waals surface area contributed by atoms with E-state index in [1.54, 1.807) is 6.26 Å². The molecule has 0 radical (unpaired) electrons. The zero-order chi connectivity index (χ0) is 16.7. The number of likely N-dealkylation sites (N-methyl/N-ethyl adjacent to an activating group) is 1. The second-order valence-corrected chi connectivity index (χ2v) is 5.58. The van der Waals surface area contributed by atoms with Gasteiger partial charge in [-0.05, 0) is 33.2 Å². The van der Waals surface area contributed by atoms with E-state index >= 15 is 0 Å². The summed E-state index contributed by atoms with van der Waals surface area (Å²) in [6, 6.07) is 4.01.